The number of anilines is 1. The summed E-state index contributed by atoms with van der Waals surface area (Å²) in [5.41, 5.74) is 6.98. The monoisotopic (exact) mass is 311 g/mol. The quantitative estimate of drug-likeness (QED) is 0.810. The third-order valence-corrected chi connectivity index (χ3v) is 5.35. The Kier molecular flexibility index (Phi) is 4.53. The molecule has 1 aromatic rings. The molecule has 3 N–H and O–H groups in total. The van der Waals surface area contributed by atoms with E-state index < -0.39 is 10.0 Å². The first-order valence-electron chi connectivity index (χ1n) is 6.93. The molecule has 0 aliphatic carbocycles. The summed E-state index contributed by atoms with van der Waals surface area (Å²) in [7, 11) is -3.57. The van der Waals surface area contributed by atoms with Crippen LogP contribution in [0.15, 0.2) is 23.1 Å². The lowest BCUT2D eigenvalue weighted by atomic mass is 10.1. The highest BCUT2D eigenvalue weighted by molar-refractivity contribution is 7.89. The van der Waals surface area contributed by atoms with E-state index in [1.165, 1.54) is 17.3 Å². The number of piperidine rings is 1. The summed E-state index contributed by atoms with van der Waals surface area (Å²) in [4.78, 5) is 11.3. The molecule has 1 heterocycles. The molecule has 1 aliphatic heterocycles. The second-order valence-corrected chi connectivity index (χ2v) is 7.42. The normalized spacial score (nSPS) is 20.2. The van der Waals surface area contributed by atoms with Crippen molar-refractivity contribution in [2.45, 2.75) is 37.6 Å². The van der Waals surface area contributed by atoms with Gasteiger partial charge in [-0.1, -0.05) is 0 Å². The molecule has 0 bridgehead atoms. The van der Waals surface area contributed by atoms with Crippen LogP contribution in [0.3, 0.4) is 0 Å². The summed E-state index contributed by atoms with van der Waals surface area (Å²) >= 11 is 0. The van der Waals surface area contributed by atoms with Gasteiger partial charge in [0.1, 0.15) is 0 Å². The van der Waals surface area contributed by atoms with Crippen molar-refractivity contribution >= 4 is 21.6 Å². The van der Waals surface area contributed by atoms with Crippen LogP contribution >= 0.6 is 0 Å². The molecular formula is C14H21N3O3S. The third-order valence-electron chi connectivity index (χ3n) is 3.50. The van der Waals surface area contributed by atoms with Gasteiger partial charge in [0.05, 0.1) is 4.90 Å². The molecule has 1 unspecified atom stereocenters. The SMILES string of the molecule is CC(=O)NC1CCCN(S(=O)(=O)c2cc(C)cc(N)c2)C1. The zero-order chi connectivity index (χ0) is 15.6. The minimum atomic E-state index is -3.57. The number of benzene rings is 1. The predicted molar refractivity (Wildman–Crippen MR) is 81.2 cm³/mol. The van der Waals surface area contributed by atoms with E-state index in [0.717, 1.165) is 18.4 Å². The summed E-state index contributed by atoms with van der Waals surface area (Å²) in [6.45, 7) is 4.02. The first kappa shape index (κ1) is 15.8. The van der Waals surface area contributed by atoms with Crippen molar-refractivity contribution < 1.29 is 13.2 Å². The van der Waals surface area contributed by atoms with Crippen molar-refractivity contribution in [2.24, 2.45) is 0 Å². The molecule has 7 heteroatoms. The average Bonchev–Trinajstić information content (AvgIpc) is 2.37. The van der Waals surface area contributed by atoms with Crippen molar-refractivity contribution in [3.05, 3.63) is 23.8 Å². The molecule has 1 atom stereocenters. The van der Waals surface area contributed by atoms with Crippen molar-refractivity contribution in [1.29, 1.82) is 0 Å². The van der Waals surface area contributed by atoms with Gasteiger partial charge in [0, 0.05) is 31.7 Å². The number of amides is 1. The van der Waals surface area contributed by atoms with Crippen molar-refractivity contribution in [3.8, 4) is 0 Å². The number of aryl methyl sites for hydroxylation is 1. The van der Waals surface area contributed by atoms with Gasteiger partial charge in [-0.15, -0.1) is 0 Å². The van der Waals surface area contributed by atoms with Crippen molar-refractivity contribution in [2.75, 3.05) is 18.8 Å². The smallest absolute Gasteiger partial charge is 0.243 e. The van der Waals surface area contributed by atoms with E-state index in [-0.39, 0.29) is 16.8 Å². The van der Waals surface area contributed by atoms with Gasteiger partial charge in [-0.2, -0.15) is 4.31 Å². The maximum absolute atomic E-state index is 12.7. The molecule has 0 aromatic heterocycles. The number of carbonyl (C=O) groups is 1. The van der Waals surface area contributed by atoms with E-state index >= 15 is 0 Å². The number of nitrogen functional groups attached to an aromatic ring is 1. The van der Waals surface area contributed by atoms with Crippen molar-refractivity contribution in [1.82, 2.24) is 9.62 Å². The summed E-state index contributed by atoms with van der Waals surface area (Å²) < 4.78 is 26.8. The van der Waals surface area contributed by atoms with E-state index in [1.54, 1.807) is 12.1 Å². The molecule has 0 saturated carbocycles. The number of nitrogens with zero attached hydrogens (tertiary/aromatic N) is 1. The lowest BCUT2D eigenvalue weighted by Crippen LogP contribution is -2.49. The number of rotatable bonds is 3. The van der Waals surface area contributed by atoms with Gasteiger partial charge in [-0.05, 0) is 43.5 Å². The fourth-order valence-electron chi connectivity index (χ4n) is 2.64. The van der Waals surface area contributed by atoms with Crippen LogP contribution in [0, 0.1) is 6.92 Å². The molecule has 6 nitrogen and oxygen atoms in total. The van der Waals surface area contributed by atoms with E-state index in [2.05, 4.69) is 5.32 Å². The van der Waals surface area contributed by atoms with Crippen LogP contribution < -0.4 is 11.1 Å². The lowest BCUT2D eigenvalue weighted by Gasteiger charge is -2.32. The molecule has 2 rings (SSSR count). The third kappa shape index (κ3) is 3.74. The Labute approximate surface area is 125 Å². The minimum absolute atomic E-state index is 0.131. The Hall–Kier alpha value is -1.60. The molecule has 1 aromatic carbocycles. The van der Waals surface area contributed by atoms with Crippen LogP contribution in [-0.4, -0.2) is 37.8 Å². The Morgan fingerprint density at radius 1 is 1.38 bits per heavy atom. The van der Waals surface area contributed by atoms with E-state index in [0.29, 0.717) is 18.8 Å². The van der Waals surface area contributed by atoms with Crippen molar-refractivity contribution in [3.63, 3.8) is 0 Å². The Morgan fingerprint density at radius 2 is 2.10 bits per heavy atom. The van der Waals surface area contributed by atoms with Crippen LogP contribution in [-0.2, 0) is 14.8 Å². The highest BCUT2D eigenvalue weighted by Gasteiger charge is 2.30. The van der Waals surface area contributed by atoms with Gasteiger partial charge in [0.25, 0.3) is 0 Å². The largest absolute Gasteiger partial charge is 0.399 e. The van der Waals surface area contributed by atoms with Gasteiger partial charge >= 0.3 is 0 Å². The predicted octanol–water partition coefficient (Wildman–Crippen LogP) is 0.866. The molecular weight excluding hydrogens is 290 g/mol. The van der Waals surface area contributed by atoms with Gasteiger partial charge in [0.2, 0.25) is 15.9 Å². The molecule has 1 aliphatic rings. The molecule has 0 radical (unpaired) electrons. The van der Waals surface area contributed by atoms with Gasteiger partial charge in [0.15, 0.2) is 0 Å². The highest BCUT2D eigenvalue weighted by Crippen LogP contribution is 2.23. The first-order chi connectivity index (χ1) is 9.79. The first-order valence-corrected chi connectivity index (χ1v) is 8.37. The van der Waals surface area contributed by atoms with Gasteiger partial charge in [-0.3, -0.25) is 4.79 Å². The Morgan fingerprint density at radius 3 is 2.71 bits per heavy atom. The Balaban J connectivity index is 2.24. The fourth-order valence-corrected chi connectivity index (χ4v) is 4.30. The van der Waals surface area contributed by atoms with Gasteiger partial charge < -0.3 is 11.1 Å². The van der Waals surface area contributed by atoms with Gasteiger partial charge in [-0.25, -0.2) is 8.42 Å². The van der Waals surface area contributed by atoms with Crippen LogP contribution in [0.1, 0.15) is 25.3 Å². The highest BCUT2D eigenvalue weighted by atomic mass is 32.2. The van der Waals surface area contributed by atoms with Crippen LogP contribution in [0.4, 0.5) is 5.69 Å². The number of carbonyl (C=O) groups excluding carboxylic acids is 1. The summed E-state index contributed by atoms with van der Waals surface area (Å²) in [5, 5.41) is 2.79. The van der Waals surface area contributed by atoms with Crippen LogP contribution in [0.25, 0.3) is 0 Å². The van der Waals surface area contributed by atoms with Crippen LogP contribution in [0.2, 0.25) is 0 Å². The zero-order valence-corrected chi connectivity index (χ0v) is 13.1. The molecule has 1 fully saturated rings. The van der Waals surface area contributed by atoms with E-state index in [9.17, 15) is 13.2 Å². The fraction of sp³-hybridized carbons (Fsp3) is 0.500. The average molecular weight is 311 g/mol. The molecule has 116 valence electrons. The maximum Gasteiger partial charge on any atom is 0.243 e. The number of nitrogens with two attached hydrogens (primary N) is 1. The zero-order valence-electron chi connectivity index (χ0n) is 12.3. The topological polar surface area (TPSA) is 92.5 Å². The summed E-state index contributed by atoms with van der Waals surface area (Å²) in [6.07, 6.45) is 1.52. The molecule has 1 amide bonds. The standard InChI is InChI=1S/C14H21N3O3S/c1-10-6-12(15)8-14(7-10)21(19,20)17-5-3-4-13(9-17)16-11(2)18/h6-8,13H,3-5,9,15H2,1-2H3,(H,16,18). The van der Waals surface area contributed by atoms with E-state index in [1.807, 2.05) is 6.92 Å². The molecule has 21 heavy (non-hydrogen) atoms. The second kappa shape index (κ2) is 6.03. The maximum atomic E-state index is 12.7. The second-order valence-electron chi connectivity index (χ2n) is 5.48. The Bertz CT molecular complexity index is 623. The minimum Gasteiger partial charge on any atom is -0.399 e. The van der Waals surface area contributed by atoms with E-state index in [4.69, 9.17) is 5.73 Å². The number of nitrogens with one attached hydrogen (secondary N) is 1. The molecule has 1 saturated heterocycles. The summed E-state index contributed by atoms with van der Waals surface area (Å²) in [6, 6.07) is 4.70. The molecule has 0 spiro atoms. The summed E-state index contributed by atoms with van der Waals surface area (Å²) in [5.74, 6) is -0.140. The number of sulfonamides is 1. The number of hydrogen-bond donors (Lipinski definition) is 2. The number of hydrogen-bond acceptors (Lipinski definition) is 4. The van der Waals surface area contributed by atoms with Crippen LogP contribution in [0.5, 0.6) is 0 Å². The lowest BCUT2D eigenvalue weighted by molar-refractivity contribution is -0.119.